The maximum atomic E-state index is 5.74. The Kier molecular flexibility index (Phi) is 4.06. The number of benzene rings is 1. The highest BCUT2D eigenvalue weighted by molar-refractivity contribution is 5.20. The summed E-state index contributed by atoms with van der Waals surface area (Å²) in [5, 5.41) is 3.59. The van der Waals surface area contributed by atoms with Crippen molar-refractivity contribution in [3.63, 3.8) is 0 Å². The van der Waals surface area contributed by atoms with E-state index in [1.807, 2.05) is 30.3 Å². The van der Waals surface area contributed by atoms with Crippen LogP contribution in [0.3, 0.4) is 0 Å². The lowest BCUT2D eigenvalue weighted by atomic mass is 9.89. The van der Waals surface area contributed by atoms with Gasteiger partial charge < -0.3 is 10.1 Å². The Morgan fingerprint density at radius 2 is 1.94 bits per heavy atom. The second kappa shape index (κ2) is 5.54. The van der Waals surface area contributed by atoms with Crippen LogP contribution in [0, 0.1) is 5.41 Å². The van der Waals surface area contributed by atoms with E-state index in [0.29, 0.717) is 5.41 Å². The fourth-order valence-corrected chi connectivity index (χ4v) is 1.76. The first-order chi connectivity index (χ1) is 8.16. The maximum absolute atomic E-state index is 5.74. The van der Waals surface area contributed by atoms with Gasteiger partial charge in [-0.1, -0.05) is 32.0 Å². The molecule has 1 N–H and O–H groups in total. The third-order valence-corrected chi connectivity index (χ3v) is 3.24. The van der Waals surface area contributed by atoms with E-state index < -0.39 is 0 Å². The highest BCUT2D eigenvalue weighted by Crippen LogP contribution is 2.24. The van der Waals surface area contributed by atoms with Gasteiger partial charge in [0.2, 0.25) is 0 Å². The van der Waals surface area contributed by atoms with E-state index in [-0.39, 0.29) is 0 Å². The van der Waals surface area contributed by atoms with Crippen molar-refractivity contribution in [3.8, 4) is 5.75 Å². The van der Waals surface area contributed by atoms with Gasteiger partial charge in [0.1, 0.15) is 5.75 Å². The molecule has 17 heavy (non-hydrogen) atoms. The summed E-state index contributed by atoms with van der Waals surface area (Å²) in [6, 6.07) is 10.8. The average molecular weight is 233 g/mol. The largest absolute Gasteiger partial charge is 0.494 e. The summed E-state index contributed by atoms with van der Waals surface area (Å²) in [6.45, 7) is 6.49. The average Bonchev–Trinajstić information content (AvgIpc) is 3.12. The molecule has 1 saturated carbocycles. The van der Waals surface area contributed by atoms with Crippen molar-refractivity contribution in [2.24, 2.45) is 5.41 Å². The first kappa shape index (κ1) is 12.4. The summed E-state index contributed by atoms with van der Waals surface area (Å²) in [5.41, 5.74) is 0.317. The van der Waals surface area contributed by atoms with Crippen LogP contribution in [-0.2, 0) is 0 Å². The minimum Gasteiger partial charge on any atom is -0.494 e. The van der Waals surface area contributed by atoms with Crippen molar-refractivity contribution < 1.29 is 4.74 Å². The SMILES string of the molecule is CC(C)(CCOc1ccccc1)CNC1CC1. The van der Waals surface area contributed by atoms with Gasteiger partial charge in [-0.15, -0.1) is 0 Å². The van der Waals surface area contributed by atoms with Crippen LogP contribution >= 0.6 is 0 Å². The molecule has 0 bridgehead atoms. The number of hydrogen-bond donors (Lipinski definition) is 1. The predicted octanol–water partition coefficient (Wildman–Crippen LogP) is 3.23. The normalized spacial score (nSPS) is 15.9. The zero-order valence-electron chi connectivity index (χ0n) is 10.9. The molecule has 94 valence electrons. The van der Waals surface area contributed by atoms with Crippen LogP contribution in [-0.4, -0.2) is 19.2 Å². The smallest absolute Gasteiger partial charge is 0.119 e. The summed E-state index contributed by atoms with van der Waals surface area (Å²) >= 11 is 0. The number of nitrogens with one attached hydrogen (secondary N) is 1. The number of para-hydroxylation sites is 1. The first-order valence-corrected chi connectivity index (χ1v) is 6.57. The molecule has 2 nitrogen and oxygen atoms in total. The Bertz CT molecular complexity index is 330. The Labute approximate surface area is 104 Å². The topological polar surface area (TPSA) is 21.3 Å². The van der Waals surface area contributed by atoms with Crippen LogP contribution in [0.15, 0.2) is 30.3 Å². The third-order valence-electron chi connectivity index (χ3n) is 3.24. The van der Waals surface area contributed by atoms with E-state index in [0.717, 1.165) is 31.4 Å². The molecule has 0 aromatic heterocycles. The lowest BCUT2D eigenvalue weighted by Gasteiger charge is -2.25. The Hall–Kier alpha value is -1.02. The van der Waals surface area contributed by atoms with Crippen LogP contribution in [0.4, 0.5) is 0 Å². The molecule has 1 aliphatic carbocycles. The standard InChI is InChI=1S/C15H23NO/c1-15(2,12-16-13-8-9-13)10-11-17-14-6-4-3-5-7-14/h3-7,13,16H,8-12H2,1-2H3. The number of ether oxygens (including phenoxy) is 1. The summed E-state index contributed by atoms with van der Waals surface area (Å²) in [5.74, 6) is 0.971. The fourth-order valence-electron chi connectivity index (χ4n) is 1.76. The van der Waals surface area contributed by atoms with Crippen LogP contribution in [0.1, 0.15) is 33.1 Å². The van der Waals surface area contributed by atoms with Gasteiger partial charge in [-0.05, 0) is 36.8 Å². The Morgan fingerprint density at radius 3 is 2.59 bits per heavy atom. The van der Waals surface area contributed by atoms with Crippen molar-refractivity contribution in [1.29, 1.82) is 0 Å². The zero-order chi connectivity index (χ0) is 12.1. The van der Waals surface area contributed by atoms with Crippen LogP contribution < -0.4 is 10.1 Å². The highest BCUT2D eigenvalue weighted by atomic mass is 16.5. The summed E-state index contributed by atoms with van der Waals surface area (Å²) in [7, 11) is 0. The zero-order valence-corrected chi connectivity index (χ0v) is 10.9. The van der Waals surface area contributed by atoms with Crippen LogP contribution in [0.2, 0.25) is 0 Å². The van der Waals surface area contributed by atoms with Crippen molar-refractivity contribution in [1.82, 2.24) is 5.32 Å². The second-order valence-corrected chi connectivity index (χ2v) is 5.73. The molecule has 1 aliphatic rings. The molecule has 0 amide bonds. The molecule has 2 heteroatoms. The quantitative estimate of drug-likeness (QED) is 0.780. The van der Waals surface area contributed by atoms with Crippen molar-refractivity contribution >= 4 is 0 Å². The lowest BCUT2D eigenvalue weighted by molar-refractivity contribution is 0.222. The van der Waals surface area contributed by atoms with Gasteiger partial charge in [-0.3, -0.25) is 0 Å². The number of rotatable bonds is 7. The van der Waals surface area contributed by atoms with E-state index in [1.54, 1.807) is 0 Å². The van der Waals surface area contributed by atoms with E-state index >= 15 is 0 Å². The Balaban J connectivity index is 1.65. The minimum absolute atomic E-state index is 0.317. The summed E-state index contributed by atoms with van der Waals surface area (Å²) in [4.78, 5) is 0. The van der Waals surface area contributed by atoms with Gasteiger partial charge in [-0.25, -0.2) is 0 Å². The fraction of sp³-hybridized carbons (Fsp3) is 0.600. The monoisotopic (exact) mass is 233 g/mol. The summed E-state index contributed by atoms with van der Waals surface area (Å²) in [6.07, 6.45) is 3.80. The summed E-state index contributed by atoms with van der Waals surface area (Å²) < 4.78 is 5.74. The molecule has 0 heterocycles. The molecule has 0 spiro atoms. The third kappa shape index (κ3) is 4.78. The van der Waals surface area contributed by atoms with Gasteiger partial charge in [0.25, 0.3) is 0 Å². The van der Waals surface area contributed by atoms with Crippen LogP contribution in [0.25, 0.3) is 0 Å². The van der Waals surface area contributed by atoms with E-state index in [4.69, 9.17) is 4.74 Å². The van der Waals surface area contributed by atoms with Gasteiger partial charge in [0, 0.05) is 12.6 Å². The van der Waals surface area contributed by atoms with Crippen molar-refractivity contribution in [2.75, 3.05) is 13.2 Å². The molecule has 0 saturated heterocycles. The highest BCUT2D eigenvalue weighted by Gasteiger charge is 2.25. The van der Waals surface area contributed by atoms with Crippen molar-refractivity contribution in [3.05, 3.63) is 30.3 Å². The lowest BCUT2D eigenvalue weighted by Crippen LogP contribution is -2.32. The Morgan fingerprint density at radius 1 is 1.24 bits per heavy atom. The molecule has 0 radical (unpaired) electrons. The van der Waals surface area contributed by atoms with Crippen molar-refractivity contribution in [2.45, 2.75) is 39.2 Å². The van der Waals surface area contributed by atoms with Crippen LogP contribution in [0.5, 0.6) is 5.75 Å². The molecule has 2 rings (SSSR count). The van der Waals surface area contributed by atoms with Gasteiger partial charge in [0.15, 0.2) is 0 Å². The van der Waals surface area contributed by atoms with E-state index in [1.165, 1.54) is 12.8 Å². The molecule has 0 aliphatic heterocycles. The van der Waals surface area contributed by atoms with E-state index in [9.17, 15) is 0 Å². The molecular weight excluding hydrogens is 210 g/mol. The molecule has 0 atom stereocenters. The molecule has 1 aromatic carbocycles. The van der Waals surface area contributed by atoms with Gasteiger partial charge in [0.05, 0.1) is 6.61 Å². The molecular formula is C15H23NO. The second-order valence-electron chi connectivity index (χ2n) is 5.73. The molecule has 1 aromatic rings. The van der Waals surface area contributed by atoms with E-state index in [2.05, 4.69) is 19.2 Å². The predicted molar refractivity (Wildman–Crippen MR) is 71.4 cm³/mol. The molecule has 0 unspecified atom stereocenters. The molecule has 1 fully saturated rings. The first-order valence-electron chi connectivity index (χ1n) is 6.57. The van der Waals surface area contributed by atoms with Gasteiger partial charge >= 0.3 is 0 Å². The maximum Gasteiger partial charge on any atom is 0.119 e. The number of hydrogen-bond acceptors (Lipinski definition) is 2. The van der Waals surface area contributed by atoms with Gasteiger partial charge in [-0.2, -0.15) is 0 Å². The minimum atomic E-state index is 0.317.